The van der Waals surface area contributed by atoms with Gasteiger partial charge in [0.2, 0.25) is 0 Å². The van der Waals surface area contributed by atoms with E-state index in [-0.39, 0.29) is 5.75 Å². The van der Waals surface area contributed by atoms with E-state index in [1.807, 2.05) is 6.07 Å². The molecule has 0 saturated carbocycles. The topological polar surface area (TPSA) is 43.8 Å². The van der Waals surface area contributed by atoms with Gasteiger partial charge in [-0.2, -0.15) is 0 Å². The van der Waals surface area contributed by atoms with Crippen LogP contribution < -0.4 is 4.90 Å². The van der Waals surface area contributed by atoms with Gasteiger partial charge in [-0.05, 0) is 55.1 Å². The second-order valence-corrected chi connectivity index (χ2v) is 10.0. The minimum atomic E-state index is -0.764. The molecule has 1 aliphatic heterocycles. The van der Waals surface area contributed by atoms with Crippen molar-refractivity contribution < 1.29 is 9.90 Å². The molecule has 1 heterocycles. The van der Waals surface area contributed by atoms with Gasteiger partial charge >= 0.3 is 5.97 Å². The number of carboxylic acid groups (broad SMARTS) is 1. The third-order valence-electron chi connectivity index (χ3n) is 4.60. The normalized spacial score (nSPS) is 13.8. The van der Waals surface area contributed by atoms with Crippen LogP contribution in [-0.2, 0) is 10.5 Å². The summed E-state index contributed by atoms with van der Waals surface area (Å²) in [6.45, 7) is 6.26. The number of para-hydroxylation sites is 1. The zero-order chi connectivity index (χ0) is 21.9. The molecule has 30 heavy (non-hydrogen) atoms. The lowest BCUT2D eigenvalue weighted by atomic mass is 10.2. The van der Waals surface area contributed by atoms with Gasteiger partial charge in [0, 0.05) is 34.3 Å². The van der Waals surface area contributed by atoms with E-state index in [0.29, 0.717) is 5.75 Å². The third kappa shape index (κ3) is 7.45. The number of unbranched alkanes of at least 4 members (excludes halogenated alkanes) is 1. The van der Waals surface area contributed by atoms with Gasteiger partial charge in [-0.15, -0.1) is 23.5 Å². The van der Waals surface area contributed by atoms with E-state index in [4.69, 9.17) is 5.11 Å². The molecule has 0 bridgehead atoms. The average Bonchev–Trinajstić information content (AvgIpc) is 2.91. The molecule has 0 saturated heterocycles. The van der Waals surface area contributed by atoms with Crippen molar-refractivity contribution in [2.75, 3.05) is 37.0 Å². The number of rotatable bonds is 7. The maximum atomic E-state index is 10.8. The lowest BCUT2D eigenvalue weighted by Crippen LogP contribution is -2.24. The van der Waals surface area contributed by atoms with Crippen molar-refractivity contribution >= 4 is 52.8 Å². The largest absolute Gasteiger partial charge is 0.481 e. The van der Waals surface area contributed by atoms with E-state index in [9.17, 15) is 4.79 Å². The third-order valence-corrected chi connectivity index (χ3v) is 7.40. The van der Waals surface area contributed by atoms with Crippen LogP contribution in [0.3, 0.4) is 0 Å². The van der Waals surface area contributed by atoms with Gasteiger partial charge in [-0.3, -0.25) is 4.79 Å². The number of likely N-dealkylation sites (N-methyl/N-ethyl adjacent to an activating group) is 1. The number of fused-ring (bicyclic) bond motifs is 1. The lowest BCUT2D eigenvalue weighted by molar-refractivity contribution is -0.133. The van der Waals surface area contributed by atoms with E-state index in [1.54, 1.807) is 23.7 Å². The van der Waals surface area contributed by atoms with Crippen molar-refractivity contribution in [3.8, 4) is 0 Å². The Bertz CT molecular complexity index is 801. The van der Waals surface area contributed by atoms with Crippen molar-refractivity contribution in [3.63, 3.8) is 0 Å². The van der Waals surface area contributed by atoms with E-state index < -0.39 is 5.97 Å². The van der Waals surface area contributed by atoms with Crippen LogP contribution >= 0.6 is 35.5 Å². The highest BCUT2D eigenvalue weighted by atomic mass is 32.2. The Morgan fingerprint density at radius 2 is 1.83 bits per heavy atom. The van der Waals surface area contributed by atoms with E-state index in [2.05, 4.69) is 72.8 Å². The molecule has 164 valence electrons. The number of benzene rings is 2. The first-order chi connectivity index (χ1) is 14.5. The van der Waals surface area contributed by atoms with Gasteiger partial charge < -0.3 is 10.0 Å². The molecule has 0 aliphatic carbocycles. The number of aliphatic carboxylic acids is 1. The lowest BCUT2D eigenvalue weighted by Gasteiger charge is -2.25. The molecule has 2 aromatic carbocycles. The maximum Gasteiger partial charge on any atom is 0.313 e. The first kappa shape index (κ1) is 25.0. The van der Waals surface area contributed by atoms with E-state index >= 15 is 0 Å². The number of thioether (sulfide) groups is 2. The monoisotopic (exact) mass is 464 g/mol. The summed E-state index contributed by atoms with van der Waals surface area (Å²) in [6.07, 6.45) is 4.72. The highest BCUT2D eigenvalue weighted by molar-refractivity contribution is 7.99. The van der Waals surface area contributed by atoms with Crippen molar-refractivity contribution in [2.24, 2.45) is 0 Å². The predicted molar refractivity (Wildman–Crippen MR) is 135 cm³/mol. The Morgan fingerprint density at radius 1 is 1.13 bits per heavy atom. The fourth-order valence-corrected chi connectivity index (χ4v) is 5.29. The molecule has 0 fully saturated rings. The molecule has 0 atom stereocenters. The quantitative estimate of drug-likeness (QED) is 0.365. The standard InChI is InChI=1S/C19H22N2O2S3.C4H10/c1-20-8-9-21(15-6-4-3-5-7-15)16-11-17(24-2)14(10-18(16)26-20)12-25-13-19(22)23;1-3-4-2/h3-7,10-11H,8-9,12-13H2,1-2H3,(H,22,23);3-4H2,1-2H3. The molecule has 1 N–H and O–H groups in total. The van der Waals surface area contributed by atoms with Crippen LogP contribution in [0, 0.1) is 0 Å². The van der Waals surface area contributed by atoms with Crippen LogP contribution in [0.15, 0.2) is 52.3 Å². The summed E-state index contributed by atoms with van der Waals surface area (Å²) >= 11 is 4.93. The summed E-state index contributed by atoms with van der Waals surface area (Å²) in [5.74, 6) is 0.0826. The van der Waals surface area contributed by atoms with Crippen molar-refractivity contribution in [3.05, 3.63) is 48.0 Å². The zero-order valence-corrected chi connectivity index (χ0v) is 20.7. The Kier molecular flexibility index (Phi) is 11.0. The van der Waals surface area contributed by atoms with Crippen molar-refractivity contribution in [1.82, 2.24) is 4.31 Å². The highest BCUT2D eigenvalue weighted by Crippen LogP contribution is 2.42. The summed E-state index contributed by atoms with van der Waals surface area (Å²) in [7, 11) is 2.12. The fraction of sp³-hybridized carbons (Fsp3) is 0.435. The van der Waals surface area contributed by atoms with E-state index in [0.717, 1.165) is 13.1 Å². The highest BCUT2D eigenvalue weighted by Gasteiger charge is 2.22. The summed E-state index contributed by atoms with van der Waals surface area (Å²) in [6, 6.07) is 15.0. The van der Waals surface area contributed by atoms with Gasteiger partial charge in [0.1, 0.15) is 0 Å². The molecule has 0 spiro atoms. The molecule has 3 rings (SSSR count). The second-order valence-electron chi connectivity index (χ2n) is 6.95. The average molecular weight is 465 g/mol. The molecule has 0 unspecified atom stereocenters. The minimum absolute atomic E-state index is 0.133. The Balaban J connectivity index is 0.000000735. The van der Waals surface area contributed by atoms with Crippen LogP contribution in [0.2, 0.25) is 0 Å². The SMILES string of the molecule is CCCC.CSc1cc2c(cc1CSCC(=O)O)SN(C)CCN2c1ccccc1. The first-order valence-electron chi connectivity index (χ1n) is 10.2. The molecule has 0 radical (unpaired) electrons. The number of carboxylic acids is 1. The number of hydrogen-bond acceptors (Lipinski definition) is 6. The molecule has 7 heteroatoms. The summed E-state index contributed by atoms with van der Waals surface area (Å²) in [5, 5.41) is 8.90. The van der Waals surface area contributed by atoms with Gasteiger partial charge in [-0.25, -0.2) is 4.31 Å². The summed E-state index contributed by atoms with van der Waals surface area (Å²) in [5.41, 5.74) is 3.63. The van der Waals surface area contributed by atoms with Crippen LogP contribution in [-0.4, -0.2) is 47.5 Å². The van der Waals surface area contributed by atoms with Crippen molar-refractivity contribution in [1.29, 1.82) is 0 Å². The summed E-state index contributed by atoms with van der Waals surface area (Å²) in [4.78, 5) is 15.6. The van der Waals surface area contributed by atoms with Gasteiger partial charge in [0.05, 0.1) is 11.4 Å². The Morgan fingerprint density at radius 3 is 2.43 bits per heavy atom. The van der Waals surface area contributed by atoms with Gasteiger partial charge in [0.25, 0.3) is 0 Å². The van der Waals surface area contributed by atoms with Crippen LogP contribution in [0.4, 0.5) is 11.4 Å². The smallest absolute Gasteiger partial charge is 0.313 e. The molecule has 0 amide bonds. The van der Waals surface area contributed by atoms with Gasteiger partial charge in [0.15, 0.2) is 0 Å². The van der Waals surface area contributed by atoms with Crippen molar-refractivity contribution in [2.45, 2.75) is 42.2 Å². The second kappa shape index (κ2) is 13.2. The molecular weight excluding hydrogens is 432 g/mol. The molecule has 4 nitrogen and oxygen atoms in total. The van der Waals surface area contributed by atoms with Gasteiger partial charge in [-0.1, -0.05) is 44.9 Å². The zero-order valence-electron chi connectivity index (χ0n) is 18.3. The Hall–Kier alpha value is -1.28. The number of anilines is 2. The minimum Gasteiger partial charge on any atom is -0.481 e. The first-order valence-corrected chi connectivity index (χ1v) is 13.4. The van der Waals surface area contributed by atoms with Crippen LogP contribution in [0.25, 0.3) is 0 Å². The Labute approximate surface area is 193 Å². The number of nitrogens with zero attached hydrogens (tertiary/aromatic N) is 2. The predicted octanol–water partition coefficient (Wildman–Crippen LogP) is 6.62. The fourth-order valence-electron chi connectivity index (χ4n) is 2.88. The maximum absolute atomic E-state index is 10.8. The molecule has 1 aliphatic rings. The molecular formula is C23H32N2O2S3. The number of carbonyl (C=O) groups is 1. The van der Waals surface area contributed by atoms with E-state index in [1.165, 1.54) is 51.3 Å². The van der Waals surface area contributed by atoms with Crippen LogP contribution in [0.5, 0.6) is 0 Å². The number of hydrogen-bond donors (Lipinski definition) is 1. The van der Waals surface area contributed by atoms with Crippen LogP contribution in [0.1, 0.15) is 32.3 Å². The molecule has 0 aromatic heterocycles. The summed E-state index contributed by atoms with van der Waals surface area (Å²) < 4.78 is 2.26. The molecule has 2 aromatic rings.